The van der Waals surface area contributed by atoms with Crippen LogP contribution in [0.1, 0.15) is 5.56 Å². The smallest absolute Gasteiger partial charge is 0.264 e. The highest BCUT2D eigenvalue weighted by molar-refractivity contribution is 7.92. The largest absolute Gasteiger partial charge is 0.497 e. The average molecular weight is 505 g/mol. The van der Waals surface area contributed by atoms with Crippen molar-refractivity contribution in [1.29, 1.82) is 0 Å². The van der Waals surface area contributed by atoms with Gasteiger partial charge in [0.15, 0.2) is 0 Å². The van der Waals surface area contributed by atoms with Crippen LogP contribution in [0.15, 0.2) is 65.6 Å². The number of nitrogens with zero attached hydrogens (tertiary/aromatic N) is 1. The van der Waals surface area contributed by atoms with Gasteiger partial charge in [-0.1, -0.05) is 29.3 Å². The van der Waals surface area contributed by atoms with Gasteiger partial charge in [0.25, 0.3) is 10.0 Å². The van der Waals surface area contributed by atoms with Crippen molar-refractivity contribution < 1.29 is 27.4 Å². The molecule has 1 N–H and O–H groups in total. The summed E-state index contributed by atoms with van der Waals surface area (Å²) in [6, 6.07) is 15.8. The van der Waals surface area contributed by atoms with Gasteiger partial charge in [0.05, 0.1) is 37.6 Å². The molecule has 0 radical (unpaired) electrons. The summed E-state index contributed by atoms with van der Waals surface area (Å²) >= 11 is 6.17. The number of halogens is 1. The molecule has 0 aliphatic heterocycles. The number of aryl methyl sites for hydroxylation is 1. The van der Waals surface area contributed by atoms with E-state index in [-0.39, 0.29) is 21.4 Å². The number of anilines is 2. The molecule has 10 heteroatoms. The molecule has 0 saturated heterocycles. The highest BCUT2D eigenvalue weighted by Gasteiger charge is 2.30. The molecular formula is C24H25ClN2O6S. The predicted molar refractivity (Wildman–Crippen MR) is 132 cm³/mol. The molecule has 3 rings (SSSR count). The number of hydrogen-bond donors (Lipinski definition) is 1. The third kappa shape index (κ3) is 5.55. The standard InChI is InChI=1S/C24H25ClN2O6S/c1-16-5-9-19(10-6-16)34(29,30)27(21-13-17(25)7-11-23(21)33-4)15-24(28)26-20-14-18(31-2)8-12-22(20)32-3/h5-14H,15H2,1-4H3,(H,26,28). The lowest BCUT2D eigenvalue weighted by molar-refractivity contribution is -0.114. The second-order valence-corrected chi connectivity index (χ2v) is 9.55. The van der Waals surface area contributed by atoms with Crippen molar-refractivity contribution in [2.45, 2.75) is 11.8 Å². The first-order valence-corrected chi connectivity index (χ1v) is 12.0. The minimum absolute atomic E-state index is 0.0203. The Morgan fingerprint density at radius 3 is 2.18 bits per heavy atom. The van der Waals surface area contributed by atoms with E-state index >= 15 is 0 Å². The molecule has 0 aliphatic rings. The van der Waals surface area contributed by atoms with Crippen LogP contribution in [0, 0.1) is 6.92 Å². The van der Waals surface area contributed by atoms with E-state index < -0.39 is 22.5 Å². The molecule has 0 saturated carbocycles. The average Bonchev–Trinajstić information content (AvgIpc) is 2.82. The number of sulfonamides is 1. The minimum Gasteiger partial charge on any atom is -0.497 e. The Kier molecular flexibility index (Phi) is 7.90. The normalized spacial score (nSPS) is 11.0. The Bertz CT molecular complexity index is 1280. The molecule has 0 heterocycles. The molecule has 0 spiro atoms. The van der Waals surface area contributed by atoms with Crippen LogP contribution in [-0.4, -0.2) is 42.2 Å². The van der Waals surface area contributed by atoms with E-state index in [0.29, 0.717) is 17.2 Å². The van der Waals surface area contributed by atoms with Gasteiger partial charge < -0.3 is 19.5 Å². The van der Waals surface area contributed by atoms with Crippen molar-refractivity contribution in [1.82, 2.24) is 0 Å². The van der Waals surface area contributed by atoms with Gasteiger partial charge in [-0.05, 0) is 49.4 Å². The van der Waals surface area contributed by atoms with Crippen molar-refractivity contribution in [2.75, 3.05) is 37.5 Å². The Morgan fingerprint density at radius 2 is 1.56 bits per heavy atom. The fraction of sp³-hybridized carbons (Fsp3) is 0.208. The fourth-order valence-corrected chi connectivity index (χ4v) is 4.82. The van der Waals surface area contributed by atoms with E-state index in [4.69, 9.17) is 25.8 Å². The maximum atomic E-state index is 13.6. The molecule has 8 nitrogen and oxygen atoms in total. The molecule has 0 aromatic heterocycles. The van der Waals surface area contributed by atoms with Crippen molar-refractivity contribution in [2.24, 2.45) is 0 Å². The van der Waals surface area contributed by atoms with Crippen molar-refractivity contribution in [3.05, 3.63) is 71.2 Å². The van der Waals surface area contributed by atoms with Crippen molar-refractivity contribution in [3.63, 3.8) is 0 Å². The maximum absolute atomic E-state index is 13.6. The number of ether oxygens (including phenoxy) is 3. The van der Waals surface area contributed by atoms with Crippen LogP contribution in [0.25, 0.3) is 0 Å². The Hall–Kier alpha value is -3.43. The number of benzene rings is 3. The molecule has 0 bridgehead atoms. The topological polar surface area (TPSA) is 94.2 Å². The Balaban J connectivity index is 2.04. The number of amides is 1. The lowest BCUT2D eigenvalue weighted by atomic mass is 10.2. The third-order valence-electron chi connectivity index (χ3n) is 4.99. The second kappa shape index (κ2) is 10.7. The molecule has 1 amide bonds. The maximum Gasteiger partial charge on any atom is 0.264 e. The van der Waals surface area contributed by atoms with Gasteiger partial charge in [-0.15, -0.1) is 0 Å². The van der Waals surface area contributed by atoms with Crippen LogP contribution in [0.4, 0.5) is 11.4 Å². The van der Waals surface area contributed by atoms with E-state index in [1.165, 1.54) is 39.5 Å². The summed E-state index contributed by atoms with van der Waals surface area (Å²) in [6.07, 6.45) is 0. The van der Waals surface area contributed by atoms with Gasteiger partial charge in [-0.3, -0.25) is 9.10 Å². The fourth-order valence-electron chi connectivity index (χ4n) is 3.23. The van der Waals surface area contributed by atoms with Gasteiger partial charge in [0, 0.05) is 11.1 Å². The monoisotopic (exact) mass is 504 g/mol. The van der Waals surface area contributed by atoms with Crippen LogP contribution in [-0.2, 0) is 14.8 Å². The summed E-state index contributed by atoms with van der Waals surface area (Å²) in [5.74, 6) is 0.523. The first kappa shape index (κ1) is 25.2. The Labute approximate surface area is 204 Å². The quantitative estimate of drug-likeness (QED) is 0.461. The van der Waals surface area contributed by atoms with Gasteiger partial charge in [0.1, 0.15) is 23.8 Å². The van der Waals surface area contributed by atoms with Gasteiger partial charge >= 0.3 is 0 Å². The zero-order valence-electron chi connectivity index (χ0n) is 19.2. The zero-order chi connectivity index (χ0) is 24.9. The molecule has 0 unspecified atom stereocenters. The van der Waals surface area contributed by atoms with Crippen molar-refractivity contribution >= 4 is 38.9 Å². The van der Waals surface area contributed by atoms with Crippen LogP contribution in [0.5, 0.6) is 17.2 Å². The van der Waals surface area contributed by atoms with Gasteiger partial charge in [-0.25, -0.2) is 8.42 Å². The van der Waals surface area contributed by atoms with E-state index in [0.717, 1.165) is 9.87 Å². The van der Waals surface area contributed by atoms with Gasteiger partial charge in [-0.2, -0.15) is 0 Å². The first-order valence-electron chi connectivity index (χ1n) is 10.1. The molecule has 180 valence electrons. The van der Waals surface area contributed by atoms with Crippen LogP contribution in [0.3, 0.4) is 0 Å². The number of carbonyl (C=O) groups is 1. The van der Waals surface area contributed by atoms with Crippen LogP contribution >= 0.6 is 11.6 Å². The number of nitrogens with one attached hydrogen (secondary N) is 1. The number of methoxy groups -OCH3 is 3. The van der Waals surface area contributed by atoms with Crippen LogP contribution < -0.4 is 23.8 Å². The predicted octanol–water partition coefficient (Wildman–Crippen LogP) is 4.51. The summed E-state index contributed by atoms with van der Waals surface area (Å²) in [4.78, 5) is 13.1. The van der Waals surface area contributed by atoms with E-state index in [1.54, 1.807) is 42.5 Å². The van der Waals surface area contributed by atoms with E-state index in [2.05, 4.69) is 5.32 Å². The molecule has 34 heavy (non-hydrogen) atoms. The van der Waals surface area contributed by atoms with E-state index in [9.17, 15) is 13.2 Å². The Morgan fingerprint density at radius 1 is 0.912 bits per heavy atom. The van der Waals surface area contributed by atoms with Gasteiger partial charge in [0.2, 0.25) is 5.91 Å². The number of carbonyl (C=O) groups excluding carboxylic acids is 1. The molecule has 3 aromatic rings. The summed E-state index contributed by atoms with van der Waals surface area (Å²) < 4.78 is 44.1. The first-order chi connectivity index (χ1) is 16.2. The number of rotatable bonds is 9. The second-order valence-electron chi connectivity index (χ2n) is 7.26. The SMILES string of the molecule is COc1ccc(OC)c(NC(=O)CN(c2cc(Cl)ccc2OC)S(=O)(=O)c2ccc(C)cc2)c1. The minimum atomic E-state index is -4.16. The van der Waals surface area contributed by atoms with Crippen LogP contribution in [0.2, 0.25) is 5.02 Å². The highest BCUT2D eigenvalue weighted by Crippen LogP contribution is 2.35. The highest BCUT2D eigenvalue weighted by atomic mass is 35.5. The molecule has 0 aliphatic carbocycles. The molecule has 0 atom stereocenters. The number of hydrogen-bond acceptors (Lipinski definition) is 6. The summed E-state index contributed by atoms with van der Waals surface area (Å²) in [5, 5.41) is 2.98. The molecule has 0 fully saturated rings. The molecular weight excluding hydrogens is 480 g/mol. The lowest BCUT2D eigenvalue weighted by Gasteiger charge is -2.26. The third-order valence-corrected chi connectivity index (χ3v) is 7.00. The summed E-state index contributed by atoms with van der Waals surface area (Å²) in [7, 11) is 0.205. The lowest BCUT2D eigenvalue weighted by Crippen LogP contribution is -2.38. The van der Waals surface area contributed by atoms with E-state index in [1.807, 2.05) is 6.92 Å². The summed E-state index contributed by atoms with van der Waals surface area (Å²) in [6.45, 7) is 1.30. The molecule has 3 aromatic carbocycles. The van der Waals surface area contributed by atoms with Crippen molar-refractivity contribution in [3.8, 4) is 17.2 Å². The zero-order valence-corrected chi connectivity index (χ0v) is 20.7. The summed E-state index contributed by atoms with van der Waals surface area (Å²) in [5.41, 5.74) is 1.36.